The normalized spacial score (nSPS) is 18.2. The maximum atomic E-state index is 6.31. The van der Waals surface area contributed by atoms with Crippen LogP contribution in [0.15, 0.2) is 18.2 Å². The van der Waals surface area contributed by atoms with Crippen LogP contribution < -0.4 is 15.2 Å². The summed E-state index contributed by atoms with van der Waals surface area (Å²) in [6, 6.07) is 6.06. The Morgan fingerprint density at radius 2 is 1.84 bits per heavy atom. The second kappa shape index (κ2) is 5.39. The van der Waals surface area contributed by atoms with Crippen LogP contribution in [0.25, 0.3) is 0 Å². The van der Waals surface area contributed by atoms with Gasteiger partial charge in [-0.15, -0.1) is 0 Å². The molecule has 0 unspecified atom stereocenters. The van der Waals surface area contributed by atoms with Gasteiger partial charge in [-0.1, -0.05) is 19.9 Å². The van der Waals surface area contributed by atoms with Gasteiger partial charge in [-0.05, 0) is 23.6 Å². The molecule has 0 spiro atoms. The van der Waals surface area contributed by atoms with Gasteiger partial charge in [-0.25, -0.2) is 0 Å². The van der Waals surface area contributed by atoms with E-state index in [0.717, 1.165) is 31.1 Å². The van der Waals surface area contributed by atoms with Gasteiger partial charge in [0.05, 0.1) is 14.2 Å². The molecule has 0 atom stereocenters. The van der Waals surface area contributed by atoms with E-state index in [9.17, 15) is 0 Å². The van der Waals surface area contributed by atoms with Crippen LogP contribution in [0.2, 0.25) is 0 Å². The number of hydrogen-bond acceptors (Lipinski definition) is 4. The first-order valence-corrected chi connectivity index (χ1v) is 6.70. The molecule has 0 bridgehead atoms. The van der Waals surface area contributed by atoms with Crippen molar-refractivity contribution in [2.75, 3.05) is 27.3 Å². The van der Waals surface area contributed by atoms with Gasteiger partial charge in [0.2, 0.25) is 0 Å². The number of methoxy groups -OCH3 is 2. The van der Waals surface area contributed by atoms with E-state index in [4.69, 9.17) is 15.2 Å². The quantitative estimate of drug-likeness (QED) is 0.882. The molecule has 2 N–H and O–H groups in total. The first-order chi connectivity index (χ1) is 8.98. The molecule has 4 heteroatoms. The van der Waals surface area contributed by atoms with Crippen LogP contribution >= 0.6 is 0 Å². The Labute approximate surface area is 115 Å². The van der Waals surface area contributed by atoms with Gasteiger partial charge in [-0.2, -0.15) is 0 Å². The summed E-state index contributed by atoms with van der Waals surface area (Å²) in [6.07, 6.45) is 0. The molecule has 0 radical (unpaired) electrons. The number of likely N-dealkylation sites (tertiary alicyclic amines) is 1. The SMILES string of the molecule is COc1ccc(CN2CC(N)(C(C)C)C2)cc1OC. The highest BCUT2D eigenvalue weighted by Gasteiger charge is 2.41. The summed E-state index contributed by atoms with van der Waals surface area (Å²) in [5, 5.41) is 0. The largest absolute Gasteiger partial charge is 0.493 e. The Morgan fingerprint density at radius 3 is 2.37 bits per heavy atom. The zero-order valence-corrected chi connectivity index (χ0v) is 12.3. The van der Waals surface area contributed by atoms with Crippen molar-refractivity contribution in [3.05, 3.63) is 23.8 Å². The maximum absolute atomic E-state index is 6.31. The summed E-state index contributed by atoms with van der Waals surface area (Å²) in [5.74, 6) is 2.07. The number of ether oxygens (including phenoxy) is 2. The van der Waals surface area contributed by atoms with Crippen molar-refractivity contribution in [1.29, 1.82) is 0 Å². The maximum Gasteiger partial charge on any atom is 0.161 e. The van der Waals surface area contributed by atoms with Gasteiger partial charge in [0.15, 0.2) is 11.5 Å². The van der Waals surface area contributed by atoms with Crippen molar-refractivity contribution in [3.63, 3.8) is 0 Å². The molecule has 2 rings (SSSR count). The van der Waals surface area contributed by atoms with Crippen LogP contribution in [-0.2, 0) is 6.54 Å². The fourth-order valence-electron chi connectivity index (χ4n) is 2.50. The van der Waals surface area contributed by atoms with E-state index in [0.29, 0.717) is 5.92 Å². The topological polar surface area (TPSA) is 47.7 Å². The van der Waals surface area contributed by atoms with Crippen LogP contribution in [0.1, 0.15) is 19.4 Å². The molecule has 106 valence electrons. The number of benzene rings is 1. The fourth-order valence-corrected chi connectivity index (χ4v) is 2.50. The molecule has 0 aromatic heterocycles. The first-order valence-electron chi connectivity index (χ1n) is 6.70. The zero-order chi connectivity index (χ0) is 14.0. The molecule has 1 aliphatic rings. The van der Waals surface area contributed by atoms with E-state index < -0.39 is 0 Å². The van der Waals surface area contributed by atoms with Gasteiger partial charge in [0.1, 0.15) is 0 Å². The number of rotatable bonds is 5. The van der Waals surface area contributed by atoms with E-state index in [-0.39, 0.29) is 5.54 Å². The van der Waals surface area contributed by atoms with E-state index in [1.54, 1.807) is 14.2 Å². The van der Waals surface area contributed by atoms with Crippen LogP contribution in [0.5, 0.6) is 11.5 Å². The Morgan fingerprint density at radius 1 is 1.21 bits per heavy atom. The monoisotopic (exact) mass is 264 g/mol. The lowest BCUT2D eigenvalue weighted by atomic mass is 9.80. The standard InChI is InChI=1S/C15H24N2O2/c1-11(2)15(16)9-17(10-15)8-12-5-6-13(18-3)14(7-12)19-4/h5-7,11H,8-10,16H2,1-4H3. The summed E-state index contributed by atoms with van der Waals surface area (Å²) in [5.41, 5.74) is 7.51. The van der Waals surface area contributed by atoms with Crippen molar-refractivity contribution in [2.45, 2.75) is 25.9 Å². The number of nitrogens with zero attached hydrogens (tertiary/aromatic N) is 1. The molecule has 1 aromatic carbocycles. The molecule has 4 nitrogen and oxygen atoms in total. The van der Waals surface area contributed by atoms with E-state index in [2.05, 4.69) is 24.8 Å². The van der Waals surface area contributed by atoms with Gasteiger partial charge >= 0.3 is 0 Å². The van der Waals surface area contributed by atoms with Gasteiger partial charge in [0, 0.05) is 25.2 Å². The van der Waals surface area contributed by atoms with Crippen molar-refractivity contribution in [2.24, 2.45) is 11.7 Å². The molecule has 1 heterocycles. The van der Waals surface area contributed by atoms with Crippen LogP contribution in [0.3, 0.4) is 0 Å². The molecule has 0 saturated carbocycles. The summed E-state index contributed by atoms with van der Waals surface area (Å²) in [7, 11) is 3.31. The van der Waals surface area contributed by atoms with Gasteiger partial charge < -0.3 is 15.2 Å². The highest BCUT2D eigenvalue weighted by Crippen LogP contribution is 2.31. The van der Waals surface area contributed by atoms with Gasteiger partial charge in [-0.3, -0.25) is 4.90 Å². The molecule has 1 fully saturated rings. The molecule has 19 heavy (non-hydrogen) atoms. The Hall–Kier alpha value is -1.26. The minimum absolute atomic E-state index is 0.0173. The highest BCUT2D eigenvalue weighted by atomic mass is 16.5. The third-order valence-electron chi connectivity index (χ3n) is 4.04. The van der Waals surface area contributed by atoms with Gasteiger partial charge in [0.25, 0.3) is 0 Å². The Balaban J connectivity index is 1.98. The Kier molecular flexibility index (Phi) is 4.02. The predicted octanol–water partition coefficient (Wildman–Crippen LogP) is 1.87. The molecule has 1 aromatic rings. The average molecular weight is 264 g/mol. The molecular formula is C15H24N2O2. The molecular weight excluding hydrogens is 240 g/mol. The summed E-state index contributed by atoms with van der Waals surface area (Å²) in [4.78, 5) is 2.36. The first kappa shape index (κ1) is 14.2. The van der Waals surface area contributed by atoms with Crippen LogP contribution in [0.4, 0.5) is 0 Å². The number of nitrogens with two attached hydrogens (primary N) is 1. The van der Waals surface area contributed by atoms with Crippen molar-refractivity contribution in [3.8, 4) is 11.5 Å². The van der Waals surface area contributed by atoms with Crippen molar-refractivity contribution >= 4 is 0 Å². The Bertz CT molecular complexity index is 440. The third kappa shape index (κ3) is 2.85. The fraction of sp³-hybridized carbons (Fsp3) is 0.600. The summed E-state index contributed by atoms with van der Waals surface area (Å²) < 4.78 is 10.6. The highest BCUT2D eigenvalue weighted by molar-refractivity contribution is 5.42. The average Bonchev–Trinajstić information content (AvgIpc) is 2.36. The summed E-state index contributed by atoms with van der Waals surface area (Å²) in [6.45, 7) is 7.20. The predicted molar refractivity (Wildman–Crippen MR) is 76.6 cm³/mol. The molecule has 0 amide bonds. The van der Waals surface area contributed by atoms with Crippen LogP contribution in [0, 0.1) is 5.92 Å². The lowest BCUT2D eigenvalue weighted by molar-refractivity contribution is 0.0313. The second-order valence-corrected chi connectivity index (χ2v) is 5.72. The number of hydrogen-bond donors (Lipinski definition) is 1. The van der Waals surface area contributed by atoms with Crippen LogP contribution in [-0.4, -0.2) is 37.7 Å². The zero-order valence-electron chi connectivity index (χ0n) is 12.3. The lowest BCUT2D eigenvalue weighted by Crippen LogP contribution is -2.69. The molecule has 1 saturated heterocycles. The molecule has 0 aliphatic carbocycles. The van der Waals surface area contributed by atoms with E-state index >= 15 is 0 Å². The smallest absolute Gasteiger partial charge is 0.161 e. The van der Waals surface area contributed by atoms with E-state index in [1.807, 2.05) is 12.1 Å². The van der Waals surface area contributed by atoms with Crippen molar-refractivity contribution < 1.29 is 9.47 Å². The lowest BCUT2D eigenvalue weighted by Gasteiger charge is -2.50. The van der Waals surface area contributed by atoms with E-state index in [1.165, 1.54) is 5.56 Å². The van der Waals surface area contributed by atoms with Crippen molar-refractivity contribution in [1.82, 2.24) is 4.90 Å². The second-order valence-electron chi connectivity index (χ2n) is 5.72. The summed E-state index contributed by atoms with van der Waals surface area (Å²) >= 11 is 0. The minimum Gasteiger partial charge on any atom is -0.493 e. The molecule has 1 aliphatic heterocycles. The third-order valence-corrected chi connectivity index (χ3v) is 4.04. The minimum atomic E-state index is -0.0173.